The van der Waals surface area contributed by atoms with E-state index in [1.54, 1.807) is 21.9 Å². The van der Waals surface area contributed by atoms with E-state index in [9.17, 15) is 14.7 Å². The minimum atomic E-state index is -0.795. The van der Waals surface area contributed by atoms with E-state index in [2.05, 4.69) is 5.10 Å². The van der Waals surface area contributed by atoms with Crippen molar-refractivity contribution in [3.63, 3.8) is 0 Å². The summed E-state index contributed by atoms with van der Waals surface area (Å²) in [4.78, 5) is 25.3. The summed E-state index contributed by atoms with van der Waals surface area (Å²) < 4.78 is 1.66. The first-order valence-electron chi connectivity index (χ1n) is 7.16. The van der Waals surface area contributed by atoms with Crippen LogP contribution < -0.4 is 0 Å². The molecule has 1 saturated heterocycles. The maximum Gasteiger partial charge on any atom is 0.311 e. The van der Waals surface area contributed by atoms with Crippen molar-refractivity contribution in [2.45, 2.75) is 26.2 Å². The standard InChI is InChI=1S/C15H21N3O3/c1-3-6-15(14(20)21)7-8-18(11-15)13(19)5-4-12-9-16-17(2)10-12/h4-5,9-10H,3,6-8,11H2,1-2H3,(H,20,21). The summed E-state index contributed by atoms with van der Waals surface area (Å²) in [5, 5.41) is 13.5. The van der Waals surface area contributed by atoms with Crippen molar-refractivity contribution in [2.75, 3.05) is 13.1 Å². The van der Waals surface area contributed by atoms with Gasteiger partial charge < -0.3 is 10.0 Å². The lowest BCUT2D eigenvalue weighted by molar-refractivity contribution is -0.148. The van der Waals surface area contributed by atoms with Gasteiger partial charge in [-0.15, -0.1) is 0 Å². The highest BCUT2D eigenvalue weighted by molar-refractivity contribution is 5.92. The highest BCUT2D eigenvalue weighted by Gasteiger charge is 2.44. The fraction of sp³-hybridized carbons (Fsp3) is 0.533. The van der Waals surface area contributed by atoms with Crippen LogP contribution in [0.25, 0.3) is 6.08 Å². The second-order valence-electron chi connectivity index (χ2n) is 5.63. The smallest absolute Gasteiger partial charge is 0.311 e. The van der Waals surface area contributed by atoms with E-state index in [0.717, 1.165) is 12.0 Å². The molecule has 1 aromatic heterocycles. The van der Waals surface area contributed by atoms with Crippen LogP contribution in [0.3, 0.4) is 0 Å². The molecule has 1 amide bonds. The average molecular weight is 291 g/mol. The van der Waals surface area contributed by atoms with Crippen LogP contribution in [0, 0.1) is 5.41 Å². The van der Waals surface area contributed by atoms with Crippen molar-refractivity contribution in [3.8, 4) is 0 Å². The van der Waals surface area contributed by atoms with Gasteiger partial charge in [0.1, 0.15) is 0 Å². The summed E-state index contributed by atoms with van der Waals surface area (Å²) in [6, 6.07) is 0. The number of amides is 1. The number of carbonyl (C=O) groups is 2. The molecule has 0 aliphatic carbocycles. The summed E-state index contributed by atoms with van der Waals surface area (Å²) in [7, 11) is 1.81. The molecule has 0 bridgehead atoms. The molecule has 1 unspecified atom stereocenters. The molecule has 1 aromatic rings. The van der Waals surface area contributed by atoms with Gasteiger partial charge in [0.25, 0.3) is 0 Å². The van der Waals surface area contributed by atoms with E-state index in [1.165, 1.54) is 6.08 Å². The number of aliphatic carboxylic acids is 1. The number of nitrogens with zero attached hydrogens (tertiary/aromatic N) is 3. The molecule has 1 fully saturated rings. The van der Waals surface area contributed by atoms with Crippen LogP contribution in [0.2, 0.25) is 0 Å². The van der Waals surface area contributed by atoms with Gasteiger partial charge in [0, 0.05) is 38.0 Å². The highest BCUT2D eigenvalue weighted by Crippen LogP contribution is 2.35. The Balaban J connectivity index is 2.01. The van der Waals surface area contributed by atoms with Crippen LogP contribution in [0.15, 0.2) is 18.5 Å². The first-order chi connectivity index (χ1) is 9.97. The van der Waals surface area contributed by atoms with Gasteiger partial charge in [-0.1, -0.05) is 13.3 Å². The number of aryl methyl sites for hydroxylation is 1. The number of hydrogen-bond donors (Lipinski definition) is 1. The molecule has 21 heavy (non-hydrogen) atoms. The van der Waals surface area contributed by atoms with E-state index in [-0.39, 0.29) is 5.91 Å². The van der Waals surface area contributed by atoms with E-state index in [1.807, 2.05) is 20.2 Å². The molecule has 114 valence electrons. The summed E-state index contributed by atoms with van der Waals surface area (Å²) in [5.41, 5.74) is 0.0788. The summed E-state index contributed by atoms with van der Waals surface area (Å²) in [5.74, 6) is -0.936. The van der Waals surface area contributed by atoms with Crippen LogP contribution in [-0.4, -0.2) is 44.8 Å². The first-order valence-corrected chi connectivity index (χ1v) is 7.16. The Bertz CT molecular complexity index is 564. The molecular formula is C15H21N3O3. The van der Waals surface area contributed by atoms with Gasteiger partial charge in [0.15, 0.2) is 0 Å². The Labute approximate surface area is 124 Å². The minimum absolute atomic E-state index is 0.141. The molecule has 2 heterocycles. The molecule has 1 aliphatic rings. The quantitative estimate of drug-likeness (QED) is 0.835. The molecule has 2 rings (SSSR count). The lowest BCUT2D eigenvalue weighted by Gasteiger charge is -2.23. The highest BCUT2D eigenvalue weighted by atomic mass is 16.4. The number of carbonyl (C=O) groups excluding carboxylic acids is 1. The molecule has 6 heteroatoms. The third kappa shape index (κ3) is 3.32. The van der Waals surface area contributed by atoms with Gasteiger partial charge in [-0.3, -0.25) is 14.3 Å². The van der Waals surface area contributed by atoms with Crippen molar-refractivity contribution in [3.05, 3.63) is 24.0 Å². The van der Waals surface area contributed by atoms with Crippen LogP contribution in [0.5, 0.6) is 0 Å². The Morgan fingerprint density at radius 2 is 2.29 bits per heavy atom. The fourth-order valence-electron chi connectivity index (χ4n) is 2.82. The van der Waals surface area contributed by atoms with Crippen LogP contribution in [0.4, 0.5) is 0 Å². The molecule has 1 atom stereocenters. The number of aromatic nitrogens is 2. The summed E-state index contributed by atoms with van der Waals surface area (Å²) in [6.45, 7) is 2.77. The maximum absolute atomic E-state index is 12.2. The third-order valence-electron chi connectivity index (χ3n) is 3.99. The van der Waals surface area contributed by atoms with Crippen LogP contribution in [0.1, 0.15) is 31.7 Å². The van der Waals surface area contributed by atoms with Crippen molar-refractivity contribution < 1.29 is 14.7 Å². The monoisotopic (exact) mass is 291 g/mol. The molecule has 6 nitrogen and oxygen atoms in total. The predicted molar refractivity (Wildman–Crippen MR) is 78.4 cm³/mol. The van der Waals surface area contributed by atoms with Crippen LogP contribution in [-0.2, 0) is 16.6 Å². The topological polar surface area (TPSA) is 75.4 Å². The van der Waals surface area contributed by atoms with Gasteiger partial charge >= 0.3 is 5.97 Å². The zero-order valence-electron chi connectivity index (χ0n) is 12.5. The SMILES string of the molecule is CCCC1(C(=O)O)CCN(C(=O)C=Cc2cnn(C)c2)C1. The van der Waals surface area contributed by atoms with Gasteiger partial charge in [0.05, 0.1) is 11.6 Å². The number of carboxylic acids is 1. The van der Waals surface area contributed by atoms with Crippen LogP contribution >= 0.6 is 0 Å². The van der Waals surface area contributed by atoms with E-state index in [4.69, 9.17) is 0 Å². The Morgan fingerprint density at radius 3 is 2.86 bits per heavy atom. The summed E-state index contributed by atoms with van der Waals surface area (Å²) in [6.07, 6.45) is 8.62. The average Bonchev–Trinajstić information content (AvgIpc) is 3.04. The summed E-state index contributed by atoms with van der Waals surface area (Å²) >= 11 is 0. The normalized spacial score (nSPS) is 22.1. The number of carboxylic acid groups (broad SMARTS) is 1. The molecular weight excluding hydrogens is 270 g/mol. The molecule has 0 aromatic carbocycles. The third-order valence-corrected chi connectivity index (χ3v) is 3.99. The number of rotatable bonds is 5. The zero-order valence-corrected chi connectivity index (χ0v) is 12.5. The molecule has 0 radical (unpaired) electrons. The van der Waals surface area contributed by atoms with Gasteiger partial charge in [0.2, 0.25) is 5.91 Å². The van der Waals surface area contributed by atoms with E-state index in [0.29, 0.717) is 25.9 Å². The van der Waals surface area contributed by atoms with Gasteiger partial charge in [-0.05, 0) is 18.9 Å². The molecule has 0 saturated carbocycles. The molecule has 1 N–H and O–H groups in total. The predicted octanol–water partition coefficient (Wildman–Crippen LogP) is 1.54. The fourth-order valence-corrected chi connectivity index (χ4v) is 2.82. The van der Waals surface area contributed by atoms with Gasteiger partial charge in [-0.25, -0.2) is 0 Å². The lowest BCUT2D eigenvalue weighted by atomic mass is 9.83. The second-order valence-corrected chi connectivity index (χ2v) is 5.63. The zero-order chi connectivity index (χ0) is 15.5. The largest absolute Gasteiger partial charge is 0.481 e. The Morgan fingerprint density at radius 1 is 1.52 bits per heavy atom. The Kier molecular flexibility index (Phi) is 4.45. The Hall–Kier alpha value is -2.11. The second kappa shape index (κ2) is 6.11. The number of hydrogen-bond acceptors (Lipinski definition) is 3. The van der Waals surface area contributed by atoms with Gasteiger partial charge in [-0.2, -0.15) is 5.10 Å². The van der Waals surface area contributed by atoms with Crippen molar-refractivity contribution in [2.24, 2.45) is 12.5 Å². The first kappa shape index (κ1) is 15.3. The molecule has 1 aliphatic heterocycles. The number of likely N-dealkylation sites (tertiary alicyclic amines) is 1. The van der Waals surface area contributed by atoms with Crippen molar-refractivity contribution in [1.82, 2.24) is 14.7 Å². The molecule has 0 spiro atoms. The maximum atomic E-state index is 12.2. The minimum Gasteiger partial charge on any atom is -0.481 e. The lowest BCUT2D eigenvalue weighted by Crippen LogP contribution is -2.36. The van der Waals surface area contributed by atoms with E-state index < -0.39 is 11.4 Å². The van der Waals surface area contributed by atoms with E-state index >= 15 is 0 Å². The van der Waals surface area contributed by atoms with Crippen molar-refractivity contribution in [1.29, 1.82) is 0 Å². The van der Waals surface area contributed by atoms with Crippen molar-refractivity contribution >= 4 is 18.0 Å².